The quantitative estimate of drug-likeness (QED) is 0.789. The molecule has 1 aliphatic rings. The van der Waals surface area contributed by atoms with Crippen LogP contribution in [0.15, 0.2) is 0 Å². The topological polar surface area (TPSA) is 61.5 Å². The molecule has 0 heterocycles. The lowest BCUT2D eigenvalue weighted by Gasteiger charge is -2.45. The molecule has 0 aliphatic heterocycles. The maximum atomic E-state index is 12.3. The summed E-state index contributed by atoms with van der Waals surface area (Å²) in [6, 6.07) is 0.182. The van der Waals surface area contributed by atoms with E-state index < -0.39 is 0 Å². The average molecular weight is 285 g/mol. The van der Waals surface area contributed by atoms with Crippen molar-refractivity contribution in [1.29, 1.82) is 0 Å². The van der Waals surface area contributed by atoms with Crippen LogP contribution in [0.4, 0.5) is 0 Å². The summed E-state index contributed by atoms with van der Waals surface area (Å²) >= 11 is 0. The van der Waals surface area contributed by atoms with Crippen molar-refractivity contribution in [3.8, 4) is 0 Å². The van der Waals surface area contributed by atoms with Gasteiger partial charge in [0.2, 0.25) is 0 Å². The molecule has 4 nitrogen and oxygen atoms in total. The van der Waals surface area contributed by atoms with Crippen LogP contribution in [-0.2, 0) is 14.3 Å². The number of nitrogens with two attached hydrogens (primary N) is 1. The first kappa shape index (κ1) is 17.4. The highest BCUT2D eigenvalue weighted by molar-refractivity contribution is 5.73. The lowest BCUT2D eigenvalue weighted by molar-refractivity contribution is -0.158. The van der Waals surface area contributed by atoms with Gasteiger partial charge in [0, 0.05) is 19.6 Å². The van der Waals surface area contributed by atoms with Crippen LogP contribution in [0.3, 0.4) is 0 Å². The maximum absolute atomic E-state index is 12.3. The van der Waals surface area contributed by atoms with E-state index in [2.05, 4.69) is 20.8 Å². The Bertz CT molecular complexity index is 339. The van der Waals surface area contributed by atoms with Crippen molar-refractivity contribution < 1.29 is 14.3 Å². The first-order valence-corrected chi connectivity index (χ1v) is 7.59. The molecule has 0 radical (unpaired) electrons. The number of hydrogen-bond donors (Lipinski definition) is 1. The van der Waals surface area contributed by atoms with Crippen LogP contribution in [-0.4, -0.2) is 31.3 Å². The van der Waals surface area contributed by atoms with Crippen LogP contribution in [0, 0.1) is 17.3 Å². The van der Waals surface area contributed by atoms with Gasteiger partial charge in [-0.2, -0.15) is 0 Å². The molecule has 1 aliphatic carbocycles. The largest absolute Gasteiger partial charge is 0.465 e. The Morgan fingerprint density at radius 3 is 2.50 bits per heavy atom. The van der Waals surface area contributed by atoms with E-state index >= 15 is 0 Å². The highest BCUT2D eigenvalue weighted by atomic mass is 16.5. The molecule has 0 saturated heterocycles. The average Bonchev–Trinajstić information content (AvgIpc) is 2.35. The predicted octanol–water partition coefficient (Wildman–Crippen LogP) is 2.74. The molecule has 1 fully saturated rings. The van der Waals surface area contributed by atoms with Gasteiger partial charge in [0.05, 0.1) is 18.1 Å². The van der Waals surface area contributed by atoms with Crippen LogP contribution in [0.1, 0.15) is 53.9 Å². The number of carbonyl (C=O) groups excluding carboxylic acids is 1. The Morgan fingerprint density at radius 1 is 1.35 bits per heavy atom. The summed E-state index contributed by atoms with van der Waals surface area (Å²) in [7, 11) is 1.68. The minimum atomic E-state index is -0.252. The summed E-state index contributed by atoms with van der Waals surface area (Å²) < 4.78 is 10.8. The number of carbonyl (C=O) groups is 1. The van der Waals surface area contributed by atoms with Gasteiger partial charge in [-0.15, -0.1) is 0 Å². The standard InChI is InChI=1S/C16H31NO3/c1-11-13(17)8-7-12(16(11,4)5)14(18)20-10-9-15(2,3)19-6/h11-13H,7-10,17H2,1-6H3. The first-order chi connectivity index (χ1) is 9.12. The number of rotatable bonds is 5. The Kier molecular flexibility index (Phi) is 5.61. The second-order valence-corrected chi connectivity index (χ2v) is 7.29. The van der Waals surface area contributed by atoms with E-state index in [9.17, 15) is 4.79 Å². The second-order valence-electron chi connectivity index (χ2n) is 7.29. The van der Waals surface area contributed by atoms with Gasteiger partial charge in [0.1, 0.15) is 0 Å². The molecule has 3 unspecified atom stereocenters. The molecule has 0 aromatic rings. The molecule has 0 bridgehead atoms. The van der Waals surface area contributed by atoms with Gasteiger partial charge >= 0.3 is 5.97 Å². The fourth-order valence-electron chi connectivity index (χ4n) is 2.87. The molecule has 0 aromatic heterocycles. The van der Waals surface area contributed by atoms with Crippen molar-refractivity contribution in [2.24, 2.45) is 23.0 Å². The Labute approximate surface area is 123 Å². The molecule has 2 N–H and O–H groups in total. The molecular formula is C16H31NO3. The van der Waals surface area contributed by atoms with Crippen molar-refractivity contribution in [1.82, 2.24) is 0 Å². The van der Waals surface area contributed by atoms with E-state index in [1.165, 1.54) is 0 Å². The van der Waals surface area contributed by atoms with E-state index in [1.54, 1.807) is 7.11 Å². The van der Waals surface area contributed by atoms with Gasteiger partial charge < -0.3 is 15.2 Å². The monoisotopic (exact) mass is 285 g/mol. The molecule has 118 valence electrons. The summed E-state index contributed by atoms with van der Waals surface area (Å²) in [5, 5.41) is 0. The summed E-state index contributed by atoms with van der Waals surface area (Å²) in [6.45, 7) is 10.8. The third-order valence-electron chi connectivity index (χ3n) is 5.29. The predicted molar refractivity (Wildman–Crippen MR) is 80.3 cm³/mol. The van der Waals surface area contributed by atoms with Crippen molar-refractivity contribution in [2.75, 3.05) is 13.7 Å². The smallest absolute Gasteiger partial charge is 0.309 e. The molecule has 0 aromatic carbocycles. The third kappa shape index (κ3) is 3.95. The van der Waals surface area contributed by atoms with Crippen LogP contribution < -0.4 is 5.73 Å². The molecule has 0 amide bonds. The Morgan fingerprint density at radius 2 is 1.95 bits per heavy atom. The van der Waals surface area contributed by atoms with Gasteiger partial charge in [0.15, 0.2) is 0 Å². The normalized spacial score (nSPS) is 30.1. The summed E-state index contributed by atoms with van der Waals surface area (Å²) in [5.74, 6) is 0.188. The van der Waals surface area contributed by atoms with Gasteiger partial charge in [-0.3, -0.25) is 4.79 Å². The number of esters is 1. The summed E-state index contributed by atoms with van der Waals surface area (Å²) in [6.07, 6.45) is 2.43. The van der Waals surface area contributed by atoms with Gasteiger partial charge in [-0.25, -0.2) is 0 Å². The minimum Gasteiger partial charge on any atom is -0.465 e. The van der Waals surface area contributed by atoms with Gasteiger partial charge in [-0.05, 0) is 38.0 Å². The molecule has 20 heavy (non-hydrogen) atoms. The van der Waals surface area contributed by atoms with E-state index in [-0.39, 0.29) is 28.9 Å². The van der Waals surface area contributed by atoms with Crippen molar-refractivity contribution in [3.63, 3.8) is 0 Å². The Balaban J connectivity index is 2.55. The lowest BCUT2D eigenvalue weighted by Crippen LogP contribution is -2.49. The van der Waals surface area contributed by atoms with E-state index in [0.29, 0.717) is 18.9 Å². The van der Waals surface area contributed by atoms with Gasteiger partial charge in [-0.1, -0.05) is 20.8 Å². The highest BCUT2D eigenvalue weighted by Crippen LogP contribution is 2.44. The number of methoxy groups -OCH3 is 1. The van der Waals surface area contributed by atoms with E-state index in [4.69, 9.17) is 15.2 Å². The SMILES string of the molecule is COC(C)(C)CCOC(=O)C1CCC(N)C(C)C1(C)C. The van der Waals surface area contributed by atoms with Crippen molar-refractivity contribution >= 4 is 5.97 Å². The Hall–Kier alpha value is -0.610. The number of ether oxygens (including phenoxy) is 2. The van der Waals surface area contributed by atoms with Crippen LogP contribution in [0.2, 0.25) is 0 Å². The van der Waals surface area contributed by atoms with Crippen LogP contribution in [0.5, 0.6) is 0 Å². The van der Waals surface area contributed by atoms with Crippen LogP contribution >= 0.6 is 0 Å². The van der Waals surface area contributed by atoms with Crippen LogP contribution in [0.25, 0.3) is 0 Å². The molecule has 0 spiro atoms. The van der Waals surface area contributed by atoms with Crippen molar-refractivity contribution in [2.45, 2.75) is 65.5 Å². The zero-order valence-corrected chi connectivity index (χ0v) is 13.9. The van der Waals surface area contributed by atoms with E-state index in [0.717, 1.165) is 12.8 Å². The third-order valence-corrected chi connectivity index (χ3v) is 5.29. The lowest BCUT2D eigenvalue weighted by atomic mass is 9.61. The molecule has 1 rings (SSSR count). The summed E-state index contributed by atoms with van der Waals surface area (Å²) in [4.78, 5) is 12.3. The first-order valence-electron chi connectivity index (χ1n) is 7.59. The molecule has 4 heteroatoms. The molecular weight excluding hydrogens is 254 g/mol. The summed E-state index contributed by atoms with van der Waals surface area (Å²) in [5.41, 5.74) is 5.77. The van der Waals surface area contributed by atoms with E-state index in [1.807, 2.05) is 13.8 Å². The molecule has 3 atom stereocenters. The fourth-order valence-corrected chi connectivity index (χ4v) is 2.87. The zero-order valence-electron chi connectivity index (χ0n) is 13.9. The highest BCUT2D eigenvalue weighted by Gasteiger charge is 2.45. The zero-order chi connectivity index (χ0) is 15.6. The minimum absolute atomic E-state index is 0.0528. The number of hydrogen-bond acceptors (Lipinski definition) is 4. The molecule has 1 saturated carbocycles. The fraction of sp³-hybridized carbons (Fsp3) is 0.938. The maximum Gasteiger partial charge on any atom is 0.309 e. The van der Waals surface area contributed by atoms with Gasteiger partial charge in [0.25, 0.3) is 0 Å². The second kappa shape index (κ2) is 6.44. The van der Waals surface area contributed by atoms with Crippen molar-refractivity contribution in [3.05, 3.63) is 0 Å².